The van der Waals surface area contributed by atoms with Crippen LogP contribution in [0, 0.1) is 0 Å². The SMILES string of the molecule is O=C(NCCc1ccccc1)[C@H]1CN(C(=O)c2ccc(Cl)cc2Cl)c2ccccc2O1. The first-order chi connectivity index (χ1) is 15.0. The van der Waals surface area contributed by atoms with Crippen LogP contribution in [-0.2, 0) is 11.2 Å². The molecule has 0 aliphatic carbocycles. The average Bonchev–Trinajstić information content (AvgIpc) is 2.78. The molecule has 4 rings (SSSR count). The molecule has 7 heteroatoms. The number of fused-ring (bicyclic) bond motifs is 1. The molecule has 3 aromatic carbocycles. The van der Waals surface area contributed by atoms with E-state index in [0.29, 0.717) is 35.0 Å². The molecule has 2 amide bonds. The van der Waals surface area contributed by atoms with Crippen LogP contribution in [0.5, 0.6) is 5.75 Å². The first-order valence-corrected chi connectivity index (χ1v) is 10.6. The van der Waals surface area contributed by atoms with Gasteiger partial charge in [0.05, 0.1) is 22.8 Å². The minimum absolute atomic E-state index is 0.0754. The third-order valence-corrected chi connectivity index (χ3v) is 5.58. The third kappa shape index (κ3) is 4.84. The number of amides is 2. The van der Waals surface area contributed by atoms with Gasteiger partial charge in [0.25, 0.3) is 11.8 Å². The molecule has 1 heterocycles. The zero-order valence-corrected chi connectivity index (χ0v) is 18.1. The second kappa shape index (κ2) is 9.41. The Morgan fingerprint density at radius 1 is 1.00 bits per heavy atom. The fourth-order valence-electron chi connectivity index (χ4n) is 3.46. The lowest BCUT2D eigenvalue weighted by atomic mass is 10.1. The summed E-state index contributed by atoms with van der Waals surface area (Å²) >= 11 is 12.2. The first-order valence-electron chi connectivity index (χ1n) is 9.87. The number of carbonyl (C=O) groups is 2. The summed E-state index contributed by atoms with van der Waals surface area (Å²) in [6.45, 7) is 0.549. The van der Waals surface area contributed by atoms with E-state index in [4.69, 9.17) is 27.9 Å². The summed E-state index contributed by atoms with van der Waals surface area (Å²) in [4.78, 5) is 27.6. The maximum Gasteiger partial charge on any atom is 0.262 e. The fraction of sp³-hybridized carbons (Fsp3) is 0.167. The van der Waals surface area contributed by atoms with Gasteiger partial charge in [-0.25, -0.2) is 0 Å². The molecule has 0 saturated heterocycles. The smallest absolute Gasteiger partial charge is 0.262 e. The van der Waals surface area contributed by atoms with Crippen molar-refractivity contribution in [1.29, 1.82) is 0 Å². The standard InChI is InChI=1S/C24H20Cl2N2O3/c25-17-10-11-18(19(26)14-17)24(30)28-15-22(31-21-9-5-4-8-20(21)28)23(29)27-13-12-16-6-2-1-3-7-16/h1-11,14,22H,12-13,15H2,(H,27,29)/t22-/m1/s1. The van der Waals surface area contributed by atoms with Crippen molar-refractivity contribution >= 4 is 40.7 Å². The second-order valence-corrected chi connectivity index (χ2v) is 7.98. The first kappa shape index (κ1) is 21.2. The number of benzene rings is 3. The van der Waals surface area contributed by atoms with Crippen LogP contribution in [0.15, 0.2) is 72.8 Å². The second-order valence-electron chi connectivity index (χ2n) is 7.14. The van der Waals surface area contributed by atoms with E-state index in [1.54, 1.807) is 30.3 Å². The summed E-state index contributed by atoms with van der Waals surface area (Å²) in [6, 6.07) is 21.7. The monoisotopic (exact) mass is 454 g/mol. The highest BCUT2D eigenvalue weighted by Crippen LogP contribution is 2.35. The van der Waals surface area contributed by atoms with E-state index in [1.807, 2.05) is 36.4 Å². The molecule has 0 radical (unpaired) electrons. The van der Waals surface area contributed by atoms with E-state index in [1.165, 1.54) is 11.0 Å². The molecule has 5 nitrogen and oxygen atoms in total. The third-order valence-electron chi connectivity index (χ3n) is 5.03. The van der Waals surface area contributed by atoms with Crippen molar-refractivity contribution in [3.63, 3.8) is 0 Å². The van der Waals surface area contributed by atoms with Gasteiger partial charge in [-0.05, 0) is 42.3 Å². The zero-order valence-electron chi connectivity index (χ0n) is 16.6. The quantitative estimate of drug-likeness (QED) is 0.604. The number of nitrogens with one attached hydrogen (secondary N) is 1. The van der Waals surface area contributed by atoms with Crippen LogP contribution in [0.4, 0.5) is 5.69 Å². The van der Waals surface area contributed by atoms with Crippen LogP contribution in [0.25, 0.3) is 0 Å². The van der Waals surface area contributed by atoms with Crippen molar-refractivity contribution in [1.82, 2.24) is 5.32 Å². The lowest BCUT2D eigenvalue weighted by Crippen LogP contribution is -2.51. The Hall–Kier alpha value is -3.02. The predicted octanol–water partition coefficient (Wildman–Crippen LogP) is 4.76. The molecule has 0 fully saturated rings. The van der Waals surface area contributed by atoms with Crippen molar-refractivity contribution in [2.45, 2.75) is 12.5 Å². The van der Waals surface area contributed by atoms with E-state index in [0.717, 1.165) is 5.56 Å². The lowest BCUT2D eigenvalue weighted by Gasteiger charge is -2.34. The van der Waals surface area contributed by atoms with Crippen LogP contribution < -0.4 is 15.0 Å². The highest BCUT2D eigenvalue weighted by atomic mass is 35.5. The van der Waals surface area contributed by atoms with Crippen molar-refractivity contribution in [2.75, 3.05) is 18.0 Å². The van der Waals surface area contributed by atoms with Crippen molar-refractivity contribution in [2.24, 2.45) is 0 Å². The Bertz CT molecular complexity index is 1100. The molecule has 0 unspecified atom stereocenters. The lowest BCUT2D eigenvalue weighted by molar-refractivity contribution is -0.127. The number of hydrogen-bond donors (Lipinski definition) is 1. The molecule has 0 saturated carbocycles. The molecule has 31 heavy (non-hydrogen) atoms. The normalized spacial score (nSPS) is 15.0. The van der Waals surface area contributed by atoms with Gasteiger partial charge in [-0.1, -0.05) is 65.7 Å². The summed E-state index contributed by atoms with van der Waals surface area (Å²) in [5.74, 6) is -0.125. The van der Waals surface area contributed by atoms with Crippen molar-refractivity contribution < 1.29 is 14.3 Å². The molecule has 1 aliphatic rings. The number of hydrogen-bond acceptors (Lipinski definition) is 3. The number of halogens is 2. The van der Waals surface area contributed by atoms with Gasteiger partial charge in [-0.15, -0.1) is 0 Å². The Morgan fingerprint density at radius 2 is 1.74 bits per heavy atom. The van der Waals surface area contributed by atoms with E-state index in [2.05, 4.69) is 5.32 Å². The fourth-order valence-corrected chi connectivity index (χ4v) is 3.95. The highest BCUT2D eigenvalue weighted by Gasteiger charge is 2.34. The Balaban J connectivity index is 1.51. The Labute approximate surface area is 190 Å². The van der Waals surface area contributed by atoms with Gasteiger partial charge >= 0.3 is 0 Å². The van der Waals surface area contributed by atoms with Gasteiger partial charge in [0.1, 0.15) is 5.75 Å². The van der Waals surface area contributed by atoms with Crippen LogP contribution in [0.3, 0.4) is 0 Å². The van der Waals surface area contributed by atoms with Gasteiger partial charge in [0, 0.05) is 11.6 Å². The van der Waals surface area contributed by atoms with Crippen LogP contribution in [-0.4, -0.2) is 31.0 Å². The van der Waals surface area contributed by atoms with Crippen LogP contribution in [0.1, 0.15) is 15.9 Å². The van der Waals surface area contributed by atoms with E-state index >= 15 is 0 Å². The van der Waals surface area contributed by atoms with E-state index < -0.39 is 6.10 Å². The van der Waals surface area contributed by atoms with Crippen LogP contribution >= 0.6 is 23.2 Å². The van der Waals surface area contributed by atoms with E-state index in [-0.39, 0.29) is 23.4 Å². The number of carbonyl (C=O) groups excluding carboxylic acids is 2. The minimum atomic E-state index is -0.833. The van der Waals surface area contributed by atoms with Gasteiger partial charge < -0.3 is 15.0 Å². The summed E-state index contributed by atoms with van der Waals surface area (Å²) < 4.78 is 5.90. The van der Waals surface area contributed by atoms with Crippen LogP contribution in [0.2, 0.25) is 10.0 Å². The molecule has 158 valence electrons. The molecule has 1 aliphatic heterocycles. The van der Waals surface area contributed by atoms with E-state index in [9.17, 15) is 9.59 Å². The van der Waals surface area contributed by atoms with Crippen molar-refractivity contribution in [3.05, 3.63) is 94.0 Å². The van der Waals surface area contributed by atoms with Gasteiger partial charge in [-0.2, -0.15) is 0 Å². The molecule has 3 aromatic rings. The minimum Gasteiger partial charge on any atom is -0.477 e. The number of nitrogens with zero attached hydrogens (tertiary/aromatic N) is 1. The summed E-state index contributed by atoms with van der Waals surface area (Å²) in [7, 11) is 0. The largest absolute Gasteiger partial charge is 0.477 e. The summed E-state index contributed by atoms with van der Waals surface area (Å²) in [5, 5.41) is 3.60. The molecule has 0 aromatic heterocycles. The van der Waals surface area contributed by atoms with Gasteiger partial charge in [-0.3, -0.25) is 9.59 Å². The summed E-state index contributed by atoms with van der Waals surface area (Å²) in [6.07, 6.45) is -0.125. The number of ether oxygens (including phenoxy) is 1. The molecular formula is C24H20Cl2N2O3. The molecule has 1 N–H and O–H groups in total. The maximum atomic E-state index is 13.3. The number of rotatable bonds is 5. The molecule has 0 spiro atoms. The van der Waals surface area contributed by atoms with Gasteiger partial charge in [0.15, 0.2) is 6.10 Å². The van der Waals surface area contributed by atoms with Crippen molar-refractivity contribution in [3.8, 4) is 5.75 Å². The average molecular weight is 455 g/mol. The number of anilines is 1. The Morgan fingerprint density at radius 3 is 2.52 bits per heavy atom. The highest BCUT2D eigenvalue weighted by molar-refractivity contribution is 6.37. The molecule has 0 bridgehead atoms. The topological polar surface area (TPSA) is 58.6 Å². The summed E-state index contributed by atoms with van der Waals surface area (Å²) in [5.41, 5.74) is 2.03. The number of para-hydroxylation sites is 2. The molecular weight excluding hydrogens is 435 g/mol. The zero-order chi connectivity index (χ0) is 21.8. The Kier molecular flexibility index (Phi) is 6.44. The maximum absolute atomic E-state index is 13.3. The molecule has 1 atom stereocenters. The predicted molar refractivity (Wildman–Crippen MR) is 122 cm³/mol. The van der Waals surface area contributed by atoms with Gasteiger partial charge in [0.2, 0.25) is 0 Å².